The molecule has 0 bridgehead atoms. The molecule has 1 N–H and O–H groups in total. The molecule has 1 heterocycles. The Labute approximate surface area is 101 Å². The summed E-state index contributed by atoms with van der Waals surface area (Å²) in [5.74, 6) is 0.883. The number of rotatable bonds is 8. The molecule has 17 heavy (non-hydrogen) atoms. The quantitative estimate of drug-likeness (QED) is 0.325. The zero-order valence-corrected chi connectivity index (χ0v) is 10.3. The van der Waals surface area contributed by atoms with Crippen LogP contribution in [0.25, 0.3) is 0 Å². The van der Waals surface area contributed by atoms with Crippen molar-refractivity contribution in [3.8, 4) is 0 Å². The standard InChI is InChI=1S/C11H19N3O3/c1-3-4-5-6-10(7-14(16)8-15)11-13-12-9(2)17-11/h8,10,16H,3-7H2,1-2H3/t10-/m1/s1. The molecule has 0 aromatic carbocycles. The van der Waals surface area contributed by atoms with Gasteiger partial charge in [-0.1, -0.05) is 26.2 Å². The maximum absolute atomic E-state index is 10.4. The van der Waals surface area contributed by atoms with E-state index in [1.165, 1.54) is 0 Å². The largest absolute Gasteiger partial charge is 0.425 e. The third-order valence-corrected chi connectivity index (χ3v) is 2.58. The minimum atomic E-state index is -0.0991. The van der Waals surface area contributed by atoms with E-state index in [-0.39, 0.29) is 12.5 Å². The van der Waals surface area contributed by atoms with E-state index < -0.39 is 0 Å². The molecule has 0 aliphatic carbocycles. The normalized spacial score (nSPS) is 12.4. The Hall–Kier alpha value is -1.43. The van der Waals surface area contributed by atoms with Gasteiger partial charge in [-0.05, 0) is 6.42 Å². The molecule has 0 spiro atoms. The minimum Gasteiger partial charge on any atom is -0.425 e. The maximum atomic E-state index is 10.4. The van der Waals surface area contributed by atoms with Gasteiger partial charge in [-0.2, -0.15) is 0 Å². The van der Waals surface area contributed by atoms with Gasteiger partial charge in [-0.15, -0.1) is 10.2 Å². The number of hydroxylamine groups is 2. The van der Waals surface area contributed by atoms with Crippen molar-refractivity contribution >= 4 is 6.41 Å². The Morgan fingerprint density at radius 3 is 2.76 bits per heavy atom. The van der Waals surface area contributed by atoms with Gasteiger partial charge in [0.15, 0.2) is 0 Å². The first-order valence-corrected chi connectivity index (χ1v) is 5.88. The average Bonchev–Trinajstić information content (AvgIpc) is 2.74. The van der Waals surface area contributed by atoms with E-state index in [2.05, 4.69) is 17.1 Å². The van der Waals surface area contributed by atoms with Crippen LogP contribution in [-0.4, -0.2) is 33.4 Å². The van der Waals surface area contributed by atoms with E-state index in [1.54, 1.807) is 6.92 Å². The Kier molecular flexibility index (Phi) is 5.62. The van der Waals surface area contributed by atoms with E-state index in [0.717, 1.165) is 25.7 Å². The van der Waals surface area contributed by atoms with E-state index in [0.29, 0.717) is 23.3 Å². The monoisotopic (exact) mass is 241 g/mol. The number of amides is 1. The molecule has 0 aliphatic rings. The summed E-state index contributed by atoms with van der Waals surface area (Å²) in [6, 6.07) is 0. The Bertz CT molecular complexity index is 340. The maximum Gasteiger partial charge on any atom is 0.233 e. The number of hydrogen-bond donors (Lipinski definition) is 1. The first kappa shape index (κ1) is 13.6. The van der Waals surface area contributed by atoms with Gasteiger partial charge >= 0.3 is 0 Å². The summed E-state index contributed by atoms with van der Waals surface area (Å²) < 4.78 is 5.35. The number of carbonyl (C=O) groups is 1. The van der Waals surface area contributed by atoms with Crippen molar-refractivity contribution in [1.29, 1.82) is 0 Å². The van der Waals surface area contributed by atoms with Crippen LogP contribution in [0, 0.1) is 6.92 Å². The summed E-state index contributed by atoms with van der Waals surface area (Å²) >= 11 is 0. The van der Waals surface area contributed by atoms with Gasteiger partial charge < -0.3 is 4.42 Å². The Morgan fingerprint density at radius 1 is 1.47 bits per heavy atom. The number of unbranched alkanes of at least 4 members (excludes halogenated alkanes) is 2. The van der Waals surface area contributed by atoms with Crippen molar-refractivity contribution in [3.63, 3.8) is 0 Å². The lowest BCUT2D eigenvalue weighted by Gasteiger charge is -2.16. The second kappa shape index (κ2) is 7.01. The molecule has 6 heteroatoms. The van der Waals surface area contributed by atoms with Gasteiger partial charge in [0.25, 0.3) is 0 Å². The molecule has 1 aromatic rings. The van der Waals surface area contributed by atoms with Gasteiger partial charge in [0.1, 0.15) is 0 Å². The molecule has 1 aromatic heterocycles. The topological polar surface area (TPSA) is 79.5 Å². The van der Waals surface area contributed by atoms with Crippen LogP contribution in [0.2, 0.25) is 0 Å². The third-order valence-electron chi connectivity index (χ3n) is 2.58. The van der Waals surface area contributed by atoms with Crippen molar-refractivity contribution < 1.29 is 14.4 Å². The number of carbonyl (C=O) groups excluding carboxylic acids is 1. The molecule has 0 fully saturated rings. The van der Waals surface area contributed by atoms with Gasteiger partial charge in [0.2, 0.25) is 18.2 Å². The van der Waals surface area contributed by atoms with Crippen molar-refractivity contribution in [2.75, 3.05) is 6.54 Å². The van der Waals surface area contributed by atoms with Crippen molar-refractivity contribution in [2.24, 2.45) is 0 Å². The first-order valence-electron chi connectivity index (χ1n) is 5.88. The lowest BCUT2D eigenvalue weighted by atomic mass is 10.0. The molecule has 1 atom stereocenters. The summed E-state index contributed by atoms with van der Waals surface area (Å²) in [7, 11) is 0. The molecule has 0 saturated carbocycles. The highest BCUT2D eigenvalue weighted by Crippen LogP contribution is 2.22. The van der Waals surface area contributed by atoms with Crippen molar-refractivity contribution in [3.05, 3.63) is 11.8 Å². The second-order valence-electron chi connectivity index (χ2n) is 4.08. The molecular formula is C11H19N3O3. The molecule has 6 nitrogen and oxygen atoms in total. The average molecular weight is 241 g/mol. The SMILES string of the molecule is CCCCC[C@H](CN(O)C=O)c1nnc(C)o1. The predicted octanol–water partition coefficient (Wildman–Crippen LogP) is 1.89. The van der Waals surface area contributed by atoms with Gasteiger partial charge in [-0.25, -0.2) is 5.06 Å². The highest BCUT2D eigenvalue weighted by Gasteiger charge is 2.20. The summed E-state index contributed by atoms with van der Waals surface area (Å²) in [6.45, 7) is 4.03. The molecule has 1 amide bonds. The fourth-order valence-electron chi connectivity index (χ4n) is 1.68. The van der Waals surface area contributed by atoms with E-state index in [1.807, 2.05) is 0 Å². The molecule has 0 aliphatic heterocycles. The van der Waals surface area contributed by atoms with Crippen LogP contribution in [-0.2, 0) is 4.79 Å². The van der Waals surface area contributed by atoms with Crippen LogP contribution in [0.4, 0.5) is 0 Å². The molecule has 96 valence electrons. The van der Waals surface area contributed by atoms with Gasteiger partial charge in [0, 0.05) is 6.92 Å². The smallest absolute Gasteiger partial charge is 0.233 e. The predicted molar refractivity (Wildman–Crippen MR) is 60.5 cm³/mol. The molecule has 0 saturated heterocycles. The van der Waals surface area contributed by atoms with Crippen LogP contribution in [0.15, 0.2) is 4.42 Å². The number of aromatic nitrogens is 2. The van der Waals surface area contributed by atoms with Gasteiger partial charge in [-0.3, -0.25) is 10.0 Å². The fraction of sp³-hybridized carbons (Fsp3) is 0.727. The van der Waals surface area contributed by atoms with Crippen LogP contribution in [0.3, 0.4) is 0 Å². The molecule has 0 unspecified atom stereocenters. The zero-order chi connectivity index (χ0) is 12.7. The van der Waals surface area contributed by atoms with E-state index in [9.17, 15) is 10.0 Å². The molecule has 0 radical (unpaired) electrons. The van der Waals surface area contributed by atoms with Gasteiger partial charge in [0.05, 0.1) is 12.5 Å². The van der Waals surface area contributed by atoms with Crippen LogP contribution in [0.5, 0.6) is 0 Å². The summed E-state index contributed by atoms with van der Waals surface area (Å²) in [5.41, 5.74) is 0. The molecule has 1 rings (SSSR count). The Morgan fingerprint density at radius 2 is 2.24 bits per heavy atom. The van der Waals surface area contributed by atoms with Crippen LogP contribution < -0.4 is 0 Å². The van der Waals surface area contributed by atoms with E-state index in [4.69, 9.17) is 4.42 Å². The summed E-state index contributed by atoms with van der Waals surface area (Å²) in [5, 5.41) is 17.6. The van der Waals surface area contributed by atoms with Crippen molar-refractivity contribution in [2.45, 2.75) is 45.4 Å². The Balaban J connectivity index is 2.61. The zero-order valence-electron chi connectivity index (χ0n) is 10.3. The van der Waals surface area contributed by atoms with Crippen molar-refractivity contribution in [1.82, 2.24) is 15.3 Å². The van der Waals surface area contributed by atoms with Crippen LogP contribution in [0.1, 0.15) is 50.3 Å². The number of aryl methyl sites for hydroxylation is 1. The number of hydrogen-bond acceptors (Lipinski definition) is 5. The fourth-order valence-corrected chi connectivity index (χ4v) is 1.68. The summed E-state index contributed by atoms with van der Waals surface area (Å²) in [6.07, 6.45) is 4.44. The summed E-state index contributed by atoms with van der Waals surface area (Å²) in [4.78, 5) is 10.4. The van der Waals surface area contributed by atoms with E-state index >= 15 is 0 Å². The second-order valence-corrected chi connectivity index (χ2v) is 4.08. The highest BCUT2D eigenvalue weighted by molar-refractivity contribution is 5.44. The lowest BCUT2D eigenvalue weighted by Crippen LogP contribution is -2.24. The molecular weight excluding hydrogens is 222 g/mol. The first-order chi connectivity index (χ1) is 8.17. The highest BCUT2D eigenvalue weighted by atomic mass is 16.5. The van der Waals surface area contributed by atoms with Crippen LogP contribution >= 0.6 is 0 Å². The number of nitrogens with zero attached hydrogens (tertiary/aromatic N) is 3. The lowest BCUT2D eigenvalue weighted by molar-refractivity contribution is -0.151. The minimum absolute atomic E-state index is 0.0991. The third kappa shape index (κ3) is 4.52.